The Kier molecular flexibility index (Phi) is 5.26. The standard InChI is InChI=1S/C21H28N4/c1-2-5-18(6-3-1)7-13-24-14-8-19(9-15-24)20-10-16-25(17-20)21-22-11-4-12-23-21/h1-6,11-12,19-20H,7-10,13-17H2. The fourth-order valence-corrected chi connectivity index (χ4v) is 4.39. The van der Waals surface area contributed by atoms with Crippen LogP contribution in [0, 0.1) is 11.8 Å². The van der Waals surface area contributed by atoms with E-state index in [1.807, 2.05) is 18.5 Å². The van der Waals surface area contributed by atoms with E-state index in [9.17, 15) is 0 Å². The maximum atomic E-state index is 4.41. The fraction of sp³-hybridized carbons (Fsp3) is 0.524. The van der Waals surface area contributed by atoms with E-state index in [1.54, 1.807) is 0 Å². The van der Waals surface area contributed by atoms with Crippen molar-refractivity contribution >= 4 is 5.95 Å². The molecule has 2 aliphatic heterocycles. The number of nitrogens with zero attached hydrogens (tertiary/aromatic N) is 4. The van der Waals surface area contributed by atoms with Gasteiger partial charge in [-0.1, -0.05) is 30.3 Å². The molecule has 25 heavy (non-hydrogen) atoms. The Labute approximate surface area is 150 Å². The number of aromatic nitrogens is 2. The number of anilines is 1. The highest BCUT2D eigenvalue weighted by molar-refractivity contribution is 5.30. The molecular weight excluding hydrogens is 308 g/mol. The second-order valence-electron chi connectivity index (χ2n) is 7.46. The quantitative estimate of drug-likeness (QED) is 0.839. The average Bonchev–Trinajstić information content (AvgIpc) is 3.19. The summed E-state index contributed by atoms with van der Waals surface area (Å²) in [5.41, 5.74) is 1.46. The van der Waals surface area contributed by atoms with E-state index in [4.69, 9.17) is 0 Å². The largest absolute Gasteiger partial charge is 0.341 e. The topological polar surface area (TPSA) is 32.3 Å². The lowest BCUT2D eigenvalue weighted by molar-refractivity contribution is 0.154. The average molecular weight is 336 g/mol. The van der Waals surface area contributed by atoms with Crippen LogP contribution in [0.1, 0.15) is 24.8 Å². The maximum Gasteiger partial charge on any atom is 0.225 e. The number of piperidine rings is 1. The van der Waals surface area contributed by atoms with Gasteiger partial charge >= 0.3 is 0 Å². The smallest absolute Gasteiger partial charge is 0.225 e. The molecular formula is C21H28N4. The Hall–Kier alpha value is -1.94. The van der Waals surface area contributed by atoms with Crippen molar-refractivity contribution in [2.45, 2.75) is 25.7 Å². The Morgan fingerprint density at radius 3 is 2.32 bits per heavy atom. The zero-order valence-electron chi connectivity index (χ0n) is 14.9. The van der Waals surface area contributed by atoms with Gasteiger partial charge in [0.2, 0.25) is 5.95 Å². The summed E-state index contributed by atoms with van der Waals surface area (Å²) < 4.78 is 0. The third-order valence-corrected chi connectivity index (χ3v) is 5.92. The van der Waals surface area contributed by atoms with Gasteiger partial charge < -0.3 is 9.80 Å². The molecule has 4 rings (SSSR count). The summed E-state index contributed by atoms with van der Waals surface area (Å²) in [4.78, 5) is 13.8. The molecule has 0 radical (unpaired) electrons. The molecule has 0 amide bonds. The van der Waals surface area contributed by atoms with E-state index in [-0.39, 0.29) is 0 Å². The molecule has 132 valence electrons. The first kappa shape index (κ1) is 16.5. The monoisotopic (exact) mass is 336 g/mol. The van der Waals surface area contributed by atoms with E-state index in [2.05, 4.69) is 50.1 Å². The van der Waals surface area contributed by atoms with Crippen LogP contribution in [0.4, 0.5) is 5.95 Å². The molecule has 1 unspecified atom stereocenters. The molecule has 3 heterocycles. The van der Waals surface area contributed by atoms with E-state index in [0.717, 1.165) is 30.9 Å². The third kappa shape index (κ3) is 4.18. The molecule has 0 N–H and O–H groups in total. The molecule has 0 saturated carbocycles. The highest BCUT2D eigenvalue weighted by atomic mass is 15.3. The molecule has 2 saturated heterocycles. The second-order valence-corrected chi connectivity index (χ2v) is 7.46. The zero-order chi connectivity index (χ0) is 16.9. The number of likely N-dealkylation sites (tertiary alicyclic amines) is 1. The minimum absolute atomic E-state index is 0.820. The van der Waals surface area contributed by atoms with Crippen molar-refractivity contribution < 1.29 is 0 Å². The van der Waals surface area contributed by atoms with Gasteiger partial charge in [0.25, 0.3) is 0 Å². The van der Waals surface area contributed by atoms with Crippen LogP contribution in [0.3, 0.4) is 0 Å². The zero-order valence-corrected chi connectivity index (χ0v) is 14.9. The molecule has 0 spiro atoms. The van der Waals surface area contributed by atoms with Gasteiger partial charge in [0.05, 0.1) is 0 Å². The third-order valence-electron chi connectivity index (χ3n) is 5.92. The minimum atomic E-state index is 0.820. The Balaban J connectivity index is 1.23. The van der Waals surface area contributed by atoms with E-state index < -0.39 is 0 Å². The van der Waals surface area contributed by atoms with Crippen molar-refractivity contribution in [3.05, 3.63) is 54.4 Å². The summed E-state index contributed by atoms with van der Waals surface area (Å²) in [6.45, 7) is 5.97. The normalized spacial score (nSPS) is 22.4. The van der Waals surface area contributed by atoms with Crippen LogP contribution in [0.25, 0.3) is 0 Å². The summed E-state index contributed by atoms with van der Waals surface area (Å²) in [7, 11) is 0. The number of hydrogen-bond acceptors (Lipinski definition) is 4. The summed E-state index contributed by atoms with van der Waals surface area (Å²) in [5.74, 6) is 2.60. The van der Waals surface area contributed by atoms with Gasteiger partial charge in [0.1, 0.15) is 0 Å². The van der Waals surface area contributed by atoms with Crippen molar-refractivity contribution in [1.29, 1.82) is 0 Å². The van der Waals surface area contributed by atoms with Crippen LogP contribution in [-0.2, 0) is 6.42 Å². The highest BCUT2D eigenvalue weighted by Crippen LogP contribution is 2.32. The molecule has 4 nitrogen and oxygen atoms in total. The number of benzene rings is 1. The van der Waals surface area contributed by atoms with Crippen molar-refractivity contribution in [3.63, 3.8) is 0 Å². The molecule has 0 aliphatic carbocycles. The molecule has 1 atom stereocenters. The Morgan fingerprint density at radius 1 is 0.840 bits per heavy atom. The van der Waals surface area contributed by atoms with Crippen molar-refractivity contribution in [2.75, 3.05) is 37.6 Å². The van der Waals surface area contributed by atoms with Gasteiger partial charge in [-0.15, -0.1) is 0 Å². The van der Waals surface area contributed by atoms with Crippen LogP contribution < -0.4 is 4.90 Å². The summed E-state index contributed by atoms with van der Waals surface area (Å²) in [6, 6.07) is 12.8. The first-order chi connectivity index (χ1) is 12.4. The predicted octanol–water partition coefficient (Wildman–Crippen LogP) is 3.26. The van der Waals surface area contributed by atoms with Crippen molar-refractivity contribution in [2.24, 2.45) is 11.8 Å². The van der Waals surface area contributed by atoms with E-state index >= 15 is 0 Å². The molecule has 4 heteroatoms. The van der Waals surface area contributed by atoms with Gasteiger partial charge in [0.15, 0.2) is 0 Å². The first-order valence-electron chi connectivity index (χ1n) is 9.67. The molecule has 2 aliphatic rings. The molecule has 0 bridgehead atoms. The molecule has 1 aromatic carbocycles. The number of hydrogen-bond donors (Lipinski definition) is 0. The summed E-state index contributed by atoms with van der Waals surface area (Å²) in [6.07, 6.45) is 8.87. The van der Waals surface area contributed by atoms with Crippen molar-refractivity contribution in [1.82, 2.24) is 14.9 Å². The van der Waals surface area contributed by atoms with Crippen LogP contribution in [0.5, 0.6) is 0 Å². The minimum Gasteiger partial charge on any atom is -0.341 e. The maximum absolute atomic E-state index is 4.41. The number of rotatable bonds is 5. The van der Waals surface area contributed by atoms with E-state index in [0.29, 0.717) is 0 Å². The van der Waals surface area contributed by atoms with Gasteiger partial charge in [-0.25, -0.2) is 9.97 Å². The molecule has 2 fully saturated rings. The van der Waals surface area contributed by atoms with Crippen molar-refractivity contribution in [3.8, 4) is 0 Å². The summed E-state index contributed by atoms with van der Waals surface area (Å²) in [5, 5.41) is 0. The van der Waals surface area contributed by atoms with E-state index in [1.165, 1.54) is 50.9 Å². The van der Waals surface area contributed by atoms with Gasteiger partial charge in [0, 0.05) is 32.0 Å². The SMILES string of the molecule is c1ccc(CCN2CCC(C3CCN(c4ncccn4)C3)CC2)cc1. The molecule has 2 aromatic rings. The predicted molar refractivity (Wildman–Crippen MR) is 102 cm³/mol. The highest BCUT2D eigenvalue weighted by Gasteiger charge is 2.32. The lowest BCUT2D eigenvalue weighted by atomic mass is 9.83. The van der Waals surface area contributed by atoms with Crippen LogP contribution in [0.15, 0.2) is 48.8 Å². The summed E-state index contributed by atoms with van der Waals surface area (Å²) >= 11 is 0. The van der Waals surface area contributed by atoms with Gasteiger partial charge in [-0.2, -0.15) is 0 Å². The lowest BCUT2D eigenvalue weighted by Crippen LogP contribution is -2.38. The first-order valence-corrected chi connectivity index (χ1v) is 9.67. The fourth-order valence-electron chi connectivity index (χ4n) is 4.39. The van der Waals surface area contributed by atoms with Crippen LogP contribution >= 0.6 is 0 Å². The van der Waals surface area contributed by atoms with Crippen LogP contribution in [0.2, 0.25) is 0 Å². The van der Waals surface area contributed by atoms with Gasteiger partial charge in [-0.3, -0.25) is 0 Å². The Bertz CT molecular complexity index is 637. The second kappa shape index (κ2) is 7.96. The lowest BCUT2D eigenvalue weighted by Gasteiger charge is -2.34. The van der Waals surface area contributed by atoms with Crippen LogP contribution in [-0.4, -0.2) is 47.6 Å². The Morgan fingerprint density at radius 2 is 1.56 bits per heavy atom. The van der Waals surface area contributed by atoms with Gasteiger partial charge in [-0.05, 0) is 62.2 Å². The molecule has 1 aromatic heterocycles.